The van der Waals surface area contributed by atoms with E-state index in [1.165, 1.54) is 42.9 Å². The molecule has 0 bridgehead atoms. The predicted molar refractivity (Wildman–Crippen MR) is 69.6 cm³/mol. The van der Waals surface area contributed by atoms with Crippen LogP contribution in [0.5, 0.6) is 0 Å². The van der Waals surface area contributed by atoms with Crippen LogP contribution in [0.3, 0.4) is 0 Å². The fraction of sp³-hybridized carbons (Fsp3) is 0.375. The molecule has 1 saturated carbocycles. The van der Waals surface area contributed by atoms with Gasteiger partial charge in [0, 0.05) is 0 Å². The Bertz CT molecular complexity index is 473. The number of benzene rings is 2. The molecule has 0 nitrogen and oxygen atoms in total. The molecule has 0 spiro atoms. The molecule has 1 aliphatic carbocycles. The third kappa shape index (κ3) is 1.84. The Labute approximate surface area is 97.3 Å². The molecule has 2 aromatic rings. The van der Waals surface area contributed by atoms with E-state index >= 15 is 0 Å². The van der Waals surface area contributed by atoms with E-state index in [1.54, 1.807) is 5.56 Å². The van der Waals surface area contributed by atoms with Crippen LogP contribution < -0.4 is 0 Å². The Morgan fingerprint density at radius 3 is 2.50 bits per heavy atom. The quantitative estimate of drug-likeness (QED) is 0.681. The van der Waals surface area contributed by atoms with Crippen LogP contribution >= 0.6 is 0 Å². The van der Waals surface area contributed by atoms with Gasteiger partial charge in [-0.25, -0.2) is 0 Å². The van der Waals surface area contributed by atoms with Gasteiger partial charge in [0.25, 0.3) is 0 Å². The summed E-state index contributed by atoms with van der Waals surface area (Å²) in [6.45, 7) is 0. The fourth-order valence-corrected chi connectivity index (χ4v) is 3.00. The highest BCUT2D eigenvalue weighted by atomic mass is 14.2. The fourth-order valence-electron chi connectivity index (χ4n) is 3.00. The zero-order valence-corrected chi connectivity index (χ0v) is 9.65. The van der Waals surface area contributed by atoms with Crippen molar-refractivity contribution in [1.82, 2.24) is 0 Å². The molecule has 0 atom stereocenters. The van der Waals surface area contributed by atoms with Gasteiger partial charge in [0.15, 0.2) is 0 Å². The molecule has 1 aliphatic rings. The Kier molecular flexibility index (Phi) is 2.65. The molecule has 16 heavy (non-hydrogen) atoms. The van der Waals surface area contributed by atoms with Crippen molar-refractivity contribution in [2.24, 2.45) is 5.92 Å². The summed E-state index contributed by atoms with van der Waals surface area (Å²) in [5.74, 6) is 0.936. The SMILES string of the molecule is c1ccc2c(CC3CCCC3)cccc2c1. The zero-order valence-electron chi connectivity index (χ0n) is 9.65. The molecule has 0 unspecified atom stereocenters. The number of fused-ring (bicyclic) bond motifs is 1. The Hall–Kier alpha value is -1.30. The second-order valence-electron chi connectivity index (χ2n) is 4.99. The van der Waals surface area contributed by atoms with Gasteiger partial charge in [0.1, 0.15) is 0 Å². The highest BCUT2D eigenvalue weighted by Crippen LogP contribution is 2.30. The van der Waals surface area contributed by atoms with Gasteiger partial charge in [-0.15, -0.1) is 0 Å². The summed E-state index contributed by atoms with van der Waals surface area (Å²) >= 11 is 0. The van der Waals surface area contributed by atoms with Crippen LogP contribution in [0.4, 0.5) is 0 Å². The Morgan fingerprint density at radius 2 is 1.62 bits per heavy atom. The van der Waals surface area contributed by atoms with Crippen molar-refractivity contribution in [3.8, 4) is 0 Å². The zero-order chi connectivity index (χ0) is 10.8. The summed E-state index contributed by atoms with van der Waals surface area (Å²) in [5, 5.41) is 2.84. The first-order valence-electron chi connectivity index (χ1n) is 6.40. The van der Waals surface area contributed by atoms with Gasteiger partial charge < -0.3 is 0 Å². The Morgan fingerprint density at radius 1 is 0.875 bits per heavy atom. The maximum atomic E-state index is 2.31. The molecule has 0 amide bonds. The second-order valence-corrected chi connectivity index (χ2v) is 4.99. The largest absolute Gasteiger partial charge is 0.0616 e. The van der Waals surface area contributed by atoms with Crippen LogP contribution in [-0.2, 0) is 6.42 Å². The first kappa shape index (κ1) is 9.89. The molecule has 82 valence electrons. The van der Waals surface area contributed by atoms with Crippen molar-refractivity contribution < 1.29 is 0 Å². The average molecular weight is 210 g/mol. The molecular weight excluding hydrogens is 192 g/mol. The molecule has 1 fully saturated rings. The summed E-state index contributed by atoms with van der Waals surface area (Å²) in [7, 11) is 0. The third-order valence-electron chi connectivity index (χ3n) is 3.86. The van der Waals surface area contributed by atoms with E-state index < -0.39 is 0 Å². The van der Waals surface area contributed by atoms with Crippen LogP contribution in [0.2, 0.25) is 0 Å². The number of rotatable bonds is 2. The molecule has 0 radical (unpaired) electrons. The van der Waals surface area contributed by atoms with Gasteiger partial charge in [-0.2, -0.15) is 0 Å². The second kappa shape index (κ2) is 4.29. The molecule has 3 rings (SSSR count). The minimum Gasteiger partial charge on any atom is -0.0616 e. The number of hydrogen-bond acceptors (Lipinski definition) is 0. The molecular formula is C16H18. The van der Waals surface area contributed by atoms with E-state index in [4.69, 9.17) is 0 Å². The highest BCUT2D eigenvalue weighted by molar-refractivity contribution is 5.85. The third-order valence-corrected chi connectivity index (χ3v) is 3.86. The summed E-state index contributed by atoms with van der Waals surface area (Å²) in [6.07, 6.45) is 7.03. The van der Waals surface area contributed by atoms with Crippen molar-refractivity contribution in [2.75, 3.05) is 0 Å². The first-order chi connectivity index (χ1) is 7.93. The van der Waals surface area contributed by atoms with Crippen LogP contribution in [0, 0.1) is 5.92 Å². The maximum Gasteiger partial charge on any atom is -0.0152 e. The maximum absolute atomic E-state index is 2.31. The summed E-state index contributed by atoms with van der Waals surface area (Å²) < 4.78 is 0. The van der Waals surface area contributed by atoms with E-state index in [9.17, 15) is 0 Å². The van der Waals surface area contributed by atoms with Gasteiger partial charge in [-0.3, -0.25) is 0 Å². The van der Waals surface area contributed by atoms with Crippen LogP contribution in [0.1, 0.15) is 31.2 Å². The molecule has 0 heterocycles. The van der Waals surface area contributed by atoms with E-state index in [0.29, 0.717) is 0 Å². The highest BCUT2D eigenvalue weighted by Gasteiger charge is 2.16. The molecule has 0 N–H and O–H groups in total. The van der Waals surface area contributed by atoms with Crippen LogP contribution in [0.25, 0.3) is 10.8 Å². The van der Waals surface area contributed by atoms with Crippen LogP contribution in [0.15, 0.2) is 42.5 Å². The lowest BCUT2D eigenvalue weighted by Crippen LogP contribution is -1.99. The average Bonchev–Trinajstić information content (AvgIpc) is 2.82. The normalized spacial score (nSPS) is 17.0. The van der Waals surface area contributed by atoms with Crippen molar-refractivity contribution >= 4 is 10.8 Å². The molecule has 2 aromatic carbocycles. The summed E-state index contributed by atoms with van der Waals surface area (Å²) in [5.41, 5.74) is 1.55. The molecule has 0 aromatic heterocycles. The summed E-state index contributed by atoms with van der Waals surface area (Å²) in [6, 6.07) is 15.5. The van der Waals surface area contributed by atoms with Gasteiger partial charge in [0.05, 0.1) is 0 Å². The van der Waals surface area contributed by atoms with Crippen molar-refractivity contribution in [3.05, 3.63) is 48.0 Å². The lowest BCUT2D eigenvalue weighted by molar-refractivity contribution is 0.548. The lowest BCUT2D eigenvalue weighted by Gasteiger charge is -2.11. The first-order valence-corrected chi connectivity index (χ1v) is 6.40. The van der Waals surface area contributed by atoms with Gasteiger partial charge in [-0.05, 0) is 28.7 Å². The minimum absolute atomic E-state index is 0.936. The van der Waals surface area contributed by atoms with Crippen molar-refractivity contribution in [2.45, 2.75) is 32.1 Å². The lowest BCUT2D eigenvalue weighted by atomic mass is 9.94. The van der Waals surface area contributed by atoms with Gasteiger partial charge >= 0.3 is 0 Å². The molecule has 0 heteroatoms. The van der Waals surface area contributed by atoms with E-state index in [0.717, 1.165) is 5.92 Å². The van der Waals surface area contributed by atoms with E-state index in [1.807, 2.05) is 0 Å². The Balaban J connectivity index is 1.96. The van der Waals surface area contributed by atoms with E-state index in [-0.39, 0.29) is 0 Å². The van der Waals surface area contributed by atoms with Crippen LogP contribution in [-0.4, -0.2) is 0 Å². The van der Waals surface area contributed by atoms with Gasteiger partial charge in [0.2, 0.25) is 0 Å². The minimum atomic E-state index is 0.936. The monoisotopic (exact) mass is 210 g/mol. The topological polar surface area (TPSA) is 0 Å². The predicted octanol–water partition coefficient (Wildman–Crippen LogP) is 4.57. The molecule has 0 saturated heterocycles. The van der Waals surface area contributed by atoms with Crippen molar-refractivity contribution in [1.29, 1.82) is 0 Å². The number of hydrogen-bond donors (Lipinski definition) is 0. The standard InChI is InChI=1S/C16H18/c1-2-7-13(6-1)12-15-10-5-9-14-8-3-4-11-16(14)15/h3-5,8-11,13H,1-2,6-7,12H2. The van der Waals surface area contributed by atoms with Crippen molar-refractivity contribution in [3.63, 3.8) is 0 Å². The molecule has 0 aliphatic heterocycles. The van der Waals surface area contributed by atoms with Gasteiger partial charge in [-0.1, -0.05) is 68.1 Å². The smallest absolute Gasteiger partial charge is 0.0152 e. The van der Waals surface area contributed by atoms with E-state index in [2.05, 4.69) is 42.5 Å². The summed E-state index contributed by atoms with van der Waals surface area (Å²) in [4.78, 5) is 0.